The summed E-state index contributed by atoms with van der Waals surface area (Å²) in [6.07, 6.45) is 2.18. The van der Waals surface area contributed by atoms with Crippen LogP contribution in [0.1, 0.15) is 0 Å². The normalized spacial score (nSPS) is 11.8. The molecule has 0 saturated heterocycles. The van der Waals surface area contributed by atoms with Crippen LogP contribution in [-0.2, 0) is 0 Å². The van der Waals surface area contributed by atoms with Gasteiger partial charge in [0.25, 0.3) is 0 Å². The van der Waals surface area contributed by atoms with E-state index in [0.717, 1.165) is 56.1 Å². The summed E-state index contributed by atoms with van der Waals surface area (Å²) >= 11 is 0. The average molecular weight is 677 g/mol. The summed E-state index contributed by atoms with van der Waals surface area (Å²) in [6, 6.07) is 67.3. The van der Waals surface area contributed by atoms with Crippen LogP contribution in [0.5, 0.6) is 0 Å². The van der Waals surface area contributed by atoms with Crippen LogP contribution >= 0.6 is 0 Å². The van der Waals surface area contributed by atoms with Gasteiger partial charge in [0.15, 0.2) is 0 Å². The Bertz CT molecular complexity index is 3080. The lowest BCUT2D eigenvalue weighted by atomic mass is 10.0. The van der Waals surface area contributed by atoms with Gasteiger partial charge >= 0.3 is 0 Å². The van der Waals surface area contributed by atoms with Crippen LogP contribution in [0.3, 0.4) is 0 Å². The summed E-state index contributed by atoms with van der Waals surface area (Å²) < 4.78 is 7.15. The molecule has 0 amide bonds. The van der Waals surface area contributed by atoms with Crippen molar-refractivity contribution in [3.8, 4) is 39.6 Å². The molecule has 0 saturated carbocycles. The Balaban J connectivity index is 1.33. The van der Waals surface area contributed by atoms with Gasteiger partial charge in [-0.05, 0) is 71.8 Å². The SMILES string of the molecule is c1ccc(-c2cc(-c3ccccc3)nc(-n3c4cc5ccn(-c6ccccc6)c5cc4c4ccc5c6ccccc6n(-c6ccccc6)c5c43)c2)cc1. The lowest BCUT2D eigenvalue weighted by Gasteiger charge is -2.15. The van der Waals surface area contributed by atoms with Gasteiger partial charge < -0.3 is 9.13 Å². The number of aromatic nitrogens is 4. The highest BCUT2D eigenvalue weighted by Gasteiger charge is 2.23. The van der Waals surface area contributed by atoms with E-state index >= 15 is 0 Å². The number of para-hydroxylation sites is 3. The van der Waals surface area contributed by atoms with E-state index in [0.29, 0.717) is 0 Å². The quantitative estimate of drug-likeness (QED) is 0.178. The smallest absolute Gasteiger partial charge is 0.138 e. The first-order valence-electron chi connectivity index (χ1n) is 18.1. The predicted molar refractivity (Wildman–Crippen MR) is 221 cm³/mol. The van der Waals surface area contributed by atoms with Crippen LogP contribution in [0, 0.1) is 0 Å². The van der Waals surface area contributed by atoms with E-state index in [-0.39, 0.29) is 0 Å². The van der Waals surface area contributed by atoms with Crippen molar-refractivity contribution in [1.29, 1.82) is 0 Å². The molecule has 0 radical (unpaired) electrons. The van der Waals surface area contributed by atoms with E-state index in [4.69, 9.17) is 4.98 Å². The molecular weight excluding hydrogens is 645 g/mol. The van der Waals surface area contributed by atoms with Crippen molar-refractivity contribution in [2.45, 2.75) is 0 Å². The second-order valence-electron chi connectivity index (χ2n) is 13.7. The van der Waals surface area contributed by atoms with Gasteiger partial charge in [0.05, 0.1) is 33.3 Å². The highest BCUT2D eigenvalue weighted by molar-refractivity contribution is 6.25. The molecule has 0 fully saturated rings. The van der Waals surface area contributed by atoms with Gasteiger partial charge in [0, 0.05) is 50.1 Å². The highest BCUT2D eigenvalue weighted by atomic mass is 15.1. The Labute approximate surface area is 306 Å². The van der Waals surface area contributed by atoms with Crippen LogP contribution in [0.4, 0.5) is 0 Å². The van der Waals surface area contributed by atoms with Crippen LogP contribution in [0.2, 0.25) is 0 Å². The number of nitrogens with zero attached hydrogens (tertiary/aromatic N) is 4. The van der Waals surface area contributed by atoms with Crippen molar-refractivity contribution < 1.29 is 0 Å². The van der Waals surface area contributed by atoms with Crippen molar-refractivity contribution in [1.82, 2.24) is 18.7 Å². The predicted octanol–water partition coefficient (Wildman–Crippen LogP) is 12.6. The first-order chi connectivity index (χ1) is 26.3. The molecule has 4 aromatic heterocycles. The van der Waals surface area contributed by atoms with Crippen LogP contribution in [0.15, 0.2) is 194 Å². The minimum Gasteiger partial charge on any atom is -0.317 e. The molecule has 0 atom stereocenters. The van der Waals surface area contributed by atoms with Crippen molar-refractivity contribution >= 4 is 54.5 Å². The number of benzene rings is 7. The third-order valence-corrected chi connectivity index (χ3v) is 10.6. The van der Waals surface area contributed by atoms with Crippen LogP contribution in [0.25, 0.3) is 94.1 Å². The Hall–Kier alpha value is -7.17. The first kappa shape index (κ1) is 29.5. The van der Waals surface area contributed by atoms with Crippen LogP contribution < -0.4 is 0 Å². The Morgan fingerprint density at radius 2 is 0.962 bits per heavy atom. The standard InChI is InChI=1S/C49H32N4/c1-5-15-33(16-6-1)36-29-43(34-17-7-2-8-18-34)50-47(31-36)53-46-30-35-27-28-51(37-19-9-3-10-20-37)45(35)32-42(46)41-26-25-40-39-23-13-14-24-44(39)52(48(40)49(41)53)38-21-11-4-12-22-38/h1-32H. The molecule has 0 spiro atoms. The van der Waals surface area contributed by atoms with Crippen molar-refractivity contribution in [2.75, 3.05) is 0 Å². The molecule has 0 bridgehead atoms. The molecular formula is C49H32N4. The molecule has 4 heteroatoms. The minimum absolute atomic E-state index is 0.879. The maximum absolute atomic E-state index is 5.52. The zero-order valence-electron chi connectivity index (χ0n) is 28.8. The molecule has 11 aromatic rings. The van der Waals surface area contributed by atoms with E-state index in [9.17, 15) is 0 Å². The van der Waals surface area contributed by atoms with Gasteiger partial charge in [-0.1, -0.05) is 127 Å². The Kier molecular flexibility index (Phi) is 6.52. The third kappa shape index (κ3) is 4.59. The molecule has 0 aliphatic heterocycles. The largest absolute Gasteiger partial charge is 0.317 e. The molecule has 0 unspecified atom stereocenters. The number of hydrogen-bond acceptors (Lipinski definition) is 1. The lowest BCUT2D eigenvalue weighted by molar-refractivity contribution is 1.08. The van der Waals surface area contributed by atoms with Crippen LogP contribution in [-0.4, -0.2) is 18.7 Å². The molecule has 0 aliphatic rings. The van der Waals surface area contributed by atoms with E-state index in [2.05, 4.69) is 208 Å². The topological polar surface area (TPSA) is 27.7 Å². The molecule has 248 valence electrons. The maximum Gasteiger partial charge on any atom is 0.138 e. The summed E-state index contributed by atoms with van der Waals surface area (Å²) in [5, 5.41) is 5.98. The van der Waals surface area contributed by atoms with Gasteiger partial charge in [0.1, 0.15) is 5.82 Å². The average Bonchev–Trinajstić information content (AvgIpc) is 3.91. The Morgan fingerprint density at radius 1 is 0.358 bits per heavy atom. The summed E-state index contributed by atoms with van der Waals surface area (Å²) in [4.78, 5) is 5.52. The third-order valence-electron chi connectivity index (χ3n) is 10.6. The number of rotatable bonds is 5. The fraction of sp³-hybridized carbons (Fsp3) is 0. The van der Waals surface area contributed by atoms with Gasteiger partial charge in [-0.3, -0.25) is 4.57 Å². The number of pyridine rings is 1. The van der Waals surface area contributed by atoms with E-state index < -0.39 is 0 Å². The summed E-state index contributed by atoms with van der Waals surface area (Å²) in [5.74, 6) is 0.879. The van der Waals surface area contributed by atoms with Gasteiger partial charge in [0.2, 0.25) is 0 Å². The van der Waals surface area contributed by atoms with Crippen molar-refractivity contribution in [3.05, 3.63) is 194 Å². The van der Waals surface area contributed by atoms with Crippen molar-refractivity contribution in [2.24, 2.45) is 0 Å². The van der Waals surface area contributed by atoms with Gasteiger partial charge in [-0.25, -0.2) is 4.98 Å². The van der Waals surface area contributed by atoms with Crippen molar-refractivity contribution in [3.63, 3.8) is 0 Å². The van der Waals surface area contributed by atoms with E-state index in [1.54, 1.807) is 0 Å². The van der Waals surface area contributed by atoms with Gasteiger partial charge in [-0.2, -0.15) is 0 Å². The van der Waals surface area contributed by atoms with Gasteiger partial charge in [-0.15, -0.1) is 0 Å². The molecule has 0 N–H and O–H groups in total. The Morgan fingerprint density at radius 3 is 1.70 bits per heavy atom. The van der Waals surface area contributed by atoms with E-state index in [1.807, 2.05) is 0 Å². The monoisotopic (exact) mass is 676 g/mol. The number of hydrogen-bond donors (Lipinski definition) is 0. The summed E-state index contributed by atoms with van der Waals surface area (Å²) in [7, 11) is 0. The highest BCUT2D eigenvalue weighted by Crippen LogP contribution is 2.43. The molecule has 11 rings (SSSR count). The molecule has 7 aromatic carbocycles. The zero-order chi connectivity index (χ0) is 34.9. The molecule has 0 aliphatic carbocycles. The molecule has 4 heterocycles. The molecule has 4 nitrogen and oxygen atoms in total. The lowest BCUT2D eigenvalue weighted by Crippen LogP contribution is -2.02. The molecule has 53 heavy (non-hydrogen) atoms. The maximum atomic E-state index is 5.52. The fourth-order valence-corrected chi connectivity index (χ4v) is 8.26. The second-order valence-corrected chi connectivity index (χ2v) is 13.7. The second kappa shape index (κ2) is 11.7. The first-order valence-corrected chi connectivity index (χ1v) is 18.1. The minimum atomic E-state index is 0.879. The zero-order valence-corrected chi connectivity index (χ0v) is 28.8. The fourth-order valence-electron chi connectivity index (χ4n) is 8.26. The summed E-state index contributed by atoms with van der Waals surface area (Å²) in [6.45, 7) is 0. The summed E-state index contributed by atoms with van der Waals surface area (Å²) in [5.41, 5.74) is 12.3. The number of fused-ring (bicyclic) bond motifs is 8. The van der Waals surface area contributed by atoms with E-state index in [1.165, 1.54) is 38.0 Å².